The molecule has 2 N–H and O–H groups in total. The molecule has 1 fully saturated rings. The van der Waals surface area contributed by atoms with Gasteiger partial charge in [0.05, 0.1) is 5.92 Å². The summed E-state index contributed by atoms with van der Waals surface area (Å²) in [6, 6.07) is 13.6. The smallest absolute Gasteiger partial charge is 0.308 e. The molecule has 0 aliphatic carbocycles. The summed E-state index contributed by atoms with van der Waals surface area (Å²) < 4.78 is 0. The third-order valence-corrected chi connectivity index (χ3v) is 5.10. The Morgan fingerprint density at radius 2 is 1.78 bits per heavy atom. The minimum atomic E-state index is -0.877. The lowest BCUT2D eigenvalue weighted by atomic mass is 10.0. The third kappa shape index (κ3) is 3.84. The highest BCUT2D eigenvalue weighted by atomic mass is 16.4. The number of benzene rings is 2. The Balaban J connectivity index is 1.80. The molecule has 0 spiro atoms. The predicted molar refractivity (Wildman–Crippen MR) is 102 cm³/mol. The summed E-state index contributed by atoms with van der Waals surface area (Å²) in [4.78, 5) is 38.1. The number of carbonyl (C=O) groups excluding carboxylic acids is 2. The van der Waals surface area contributed by atoms with Crippen LogP contribution >= 0.6 is 0 Å². The molecule has 0 saturated carbocycles. The van der Waals surface area contributed by atoms with Crippen molar-refractivity contribution in [2.45, 2.75) is 26.3 Å². The molecule has 27 heavy (non-hydrogen) atoms. The van der Waals surface area contributed by atoms with Crippen LogP contribution in [0.25, 0.3) is 0 Å². The minimum absolute atomic E-state index is 0.221. The number of carboxylic acids is 1. The van der Waals surface area contributed by atoms with Crippen molar-refractivity contribution in [3.8, 4) is 0 Å². The molecule has 0 radical (unpaired) electrons. The van der Waals surface area contributed by atoms with E-state index < -0.39 is 11.9 Å². The first kappa shape index (κ1) is 18.6. The highest BCUT2D eigenvalue weighted by Crippen LogP contribution is 2.27. The van der Waals surface area contributed by atoms with Gasteiger partial charge in [0.1, 0.15) is 0 Å². The van der Waals surface area contributed by atoms with Crippen molar-refractivity contribution in [3.05, 3.63) is 65.2 Å². The van der Waals surface area contributed by atoms with Crippen LogP contribution in [-0.2, 0) is 4.79 Å². The molecular weight excluding hydrogens is 344 g/mol. The van der Waals surface area contributed by atoms with Crippen LogP contribution in [0.4, 0.5) is 5.69 Å². The second-order valence-electron chi connectivity index (χ2n) is 6.82. The van der Waals surface area contributed by atoms with E-state index in [1.165, 1.54) is 0 Å². The number of likely N-dealkylation sites (tertiary alicyclic amines) is 1. The van der Waals surface area contributed by atoms with Crippen LogP contribution in [0.3, 0.4) is 0 Å². The van der Waals surface area contributed by atoms with Crippen LogP contribution < -0.4 is 5.32 Å². The Kier molecular flexibility index (Phi) is 5.26. The van der Waals surface area contributed by atoms with E-state index in [-0.39, 0.29) is 17.9 Å². The Bertz CT molecular complexity index is 879. The van der Waals surface area contributed by atoms with Crippen molar-refractivity contribution in [2.24, 2.45) is 5.92 Å². The summed E-state index contributed by atoms with van der Waals surface area (Å²) in [7, 11) is 0. The van der Waals surface area contributed by atoms with E-state index in [9.17, 15) is 19.5 Å². The molecule has 0 bridgehead atoms. The molecule has 2 aromatic rings. The molecule has 1 heterocycles. The van der Waals surface area contributed by atoms with Crippen molar-refractivity contribution >= 4 is 23.5 Å². The van der Waals surface area contributed by atoms with Gasteiger partial charge in [0.2, 0.25) is 0 Å². The molecule has 2 atom stereocenters. The normalized spacial score (nSPS) is 19.0. The Hall–Kier alpha value is -3.15. The first-order chi connectivity index (χ1) is 12.9. The number of nitrogens with zero attached hydrogens (tertiary/aromatic N) is 1. The van der Waals surface area contributed by atoms with Crippen LogP contribution in [0.2, 0.25) is 0 Å². The van der Waals surface area contributed by atoms with Crippen molar-refractivity contribution in [1.29, 1.82) is 0 Å². The van der Waals surface area contributed by atoms with E-state index in [0.717, 1.165) is 5.56 Å². The lowest BCUT2D eigenvalue weighted by molar-refractivity contribution is -0.142. The SMILES string of the molecule is Cc1ccc(C(=O)N2CCC(C(=O)O)C2C)cc1NC(=O)c1ccccc1. The number of rotatable bonds is 4. The molecule has 6 heteroatoms. The monoisotopic (exact) mass is 366 g/mol. The van der Waals surface area contributed by atoms with Gasteiger partial charge < -0.3 is 15.3 Å². The molecule has 0 aromatic heterocycles. The van der Waals surface area contributed by atoms with Crippen molar-refractivity contribution in [3.63, 3.8) is 0 Å². The summed E-state index contributed by atoms with van der Waals surface area (Å²) >= 11 is 0. The number of nitrogens with one attached hydrogen (secondary N) is 1. The number of hydrogen-bond donors (Lipinski definition) is 2. The van der Waals surface area contributed by atoms with E-state index in [1.54, 1.807) is 54.3 Å². The minimum Gasteiger partial charge on any atom is -0.481 e. The maximum atomic E-state index is 12.9. The molecule has 2 unspecified atom stereocenters. The van der Waals surface area contributed by atoms with Crippen molar-refractivity contribution in [1.82, 2.24) is 4.90 Å². The maximum absolute atomic E-state index is 12.9. The number of anilines is 1. The fourth-order valence-corrected chi connectivity index (χ4v) is 3.40. The number of hydrogen-bond acceptors (Lipinski definition) is 3. The second kappa shape index (κ2) is 7.61. The highest BCUT2D eigenvalue weighted by molar-refractivity contribution is 6.05. The predicted octanol–water partition coefficient (Wildman–Crippen LogP) is 3.18. The van der Waals surface area contributed by atoms with Gasteiger partial charge in [-0.2, -0.15) is 0 Å². The van der Waals surface area contributed by atoms with Gasteiger partial charge in [0.15, 0.2) is 0 Å². The quantitative estimate of drug-likeness (QED) is 0.870. The van der Waals surface area contributed by atoms with Crippen molar-refractivity contribution in [2.75, 3.05) is 11.9 Å². The van der Waals surface area contributed by atoms with Gasteiger partial charge in [-0.25, -0.2) is 0 Å². The van der Waals surface area contributed by atoms with Gasteiger partial charge in [-0.05, 0) is 50.1 Å². The molecule has 1 aliphatic rings. The Labute approximate surface area is 157 Å². The molecule has 1 aliphatic heterocycles. The first-order valence-electron chi connectivity index (χ1n) is 8.89. The first-order valence-corrected chi connectivity index (χ1v) is 8.89. The number of aliphatic carboxylic acids is 1. The van der Waals surface area contributed by atoms with E-state index in [0.29, 0.717) is 29.8 Å². The number of carboxylic acid groups (broad SMARTS) is 1. The maximum Gasteiger partial charge on any atom is 0.308 e. The number of aryl methyl sites for hydroxylation is 1. The third-order valence-electron chi connectivity index (χ3n) is 5.10. The lowest BCUT2D eigenvalue weighted by Crippen LogP contribution is -2.37. The zero-order valence-corrected chi connectivity index (χ0v) is 15.3. The summed E-state index contributed by atoms with van der Waals surface area (Å²) in [5, 5.41) is 12.1. The molecule has 2 amide bonds. The van der Waals surface area contributed by atoms with Gasteiger partial charge in [0.25, 0.3) is 11.8 Å². The fraction of sp³-hybridized carbons (Fsp3) is 0.286. The van der Waals surface area contributed by atoms with Gasteiger partial charge in [-0.3, -0.25) is 14.4 Å². The molecule has 2 aromatic carbocycles. The van der Waals surface area contributed by atoms with E-state index in [2.05, 4.69) is 5.32 Å². The Morgan fingerprint density at radius 3 is 2.41 bits per heavy atom. The topological polar surface area (TPSA) is 86.7 Å². The highest BCUT2D eigenvalue weighted by Gasteiger charge is 2.38. The largest absolute Gasteiger partial charge is 0.481 e. The zero-order chi connectivity index (χ0) is 19.6. The molecule has 1 saturated heterocycles. The number of carbonyl (C=O) groups is 3. The van der Waals surface area contributed by atoms with Crippen LogP contribution in [0, 0.1) is 12.8 Å². The second-order valence-corrected chi connectivity index (χ2v) is 6.82. The molecule has 3 rings (SSSR count). The van der Waals surface area contributed by atoms with Gasteiger partial charge in [0, 0.05) is 29.4 Å². The van der Waals surface area contributed by atoms with Crippen LogP contribution in [-0.4, -0.2) is 40.4 Å². The average Bonchev–Trinajstić information content (AvgIpc) is 3.05. The number of amides is 2. The Morgan fingerprint density at radius 1 is 1.07 bits per heavy atom. The van der Waals surface area contributed by atoms with Crippen molar-refractivity contribution < 1.29 is 19.5 Å². The lowest BCUT2D eigenvalue weighted by Gasteiger charge is -2.23. The average molecular weight is 366 g/mol. The van der Waals surface area contributed by atoms with E-state index in [4.69, 9.17) is 0 Å². The van der Waals surface area contributed by atoms with E-state index in [1.807, 2.05) is 13.0 Å². The van der Waals surface area contributed by atoms with Gasteiger partial charge >= 0.3 is 5.97 Å². The molecular formula is C21H22N2O4. The van der Waals surface area contributed by atoms with Gasteiger partial charge in [-0.1, -0.05) is 24.3 Å². The van der Waals surface area contributed by atoms with Crippen LogP contribution in [0.5, 0.6) is 0 Å². The van der Waals surface area contributed by atoms with Gasteiger partial charge in [-0.15, -0.1) is 0 Å². The summed E-state index contributed by atoms with van der Waals surface area (Å²) in [6.07, 6.45) is 0.450. The summed E-state index contributed by atoms with van der Waals surface area (Å²) in [6.45, 7) is 4.03. The van der Waals surface area contributed by atoms with Crippen LogP contribution in [0.15, 0.2) is 48.5 Å². The zero-order valence-electron chi connectivity index (χ0n) is 15.3. The standard InChI is InChI=1S/C21H22N2O4/c1-13-8-9-16(20(25)23-11-10-17(14(23)2)21(26)27)12-18(13)22-19(24)15-6-4-3-5-7-15/h3-9,12,14,17H,10-11H2,1-2H3,(H,22,24)(H,26,27). The molecule has 140 valence electrons. The van der Waals surface area contributed by atoms with Crippen LogP contribution in [0.1, 0.15) is 39.6 Å². The molecule has 6 nitrogen and oxygen atoms in total. The summed E-state index contributed by atoms with van der Waals surface area (Å²) in [5.41, 5.74) is 2.37. The summed E-state index contributed by atoms with van der Waals surface area (Å²) in [5.74, 6) is -1.89. The van der Waals surface area contributed by atoms with E-state index >= 15 is 0 Å². The fourth-order valence-electron chi connectivity index (χ4n) is 3.40.